The van der Waals surface area contributed by atoms with Gasteiger partial charge < -0.3 is 5.32 Å². The predicted octanol–water partition coefficient (Wildman–Crippen LogP) is 4.59. The Bertz CT molecular complexity index is 1120. The third kappa shape index (κ3) is 3.08. The molecule has 4 aromatic rings. The number of benzene rings is 2. The van der Waals surface area contributed by atoms with Gasteiger partial charge in [-0.2, -0.15) is 5.10 Å². The van der Waals surface area contributed by atoms with Crippen LogP contribution in [-0.2, 0) is 0 Å². The van der Waals surface area contributed by atoms with Crippen molar-refractivity contribution in [1.82, 2.24) is 14.8 Å². The van der Waals surface area contributed by atoms with E-state index in [0.29, 0.717) is 11.4 Å². The lowest BCUT2D eigenvalue weighted by molar-refractivity contribution is 0.102. The molecule has 6 heteroatoms. The Morgan fingerprint density at radius 2 is 1.81 bits per heavy atom. The van der Waals surface area contributed by atoms with Gasteiger partial charge in [-0.1, -0.05) is 30.3 Å². The van der Waals surface area contributed by atoms with Gasteiger partial charge >= 0.3 is 0 Å². The molecule has 0 radical (unpaired) electrons. The monoisotopic (exact) mass is 454 g/mol. The average molecular weight is 454 g/mol. The van der Waals surface area contributed by atoms with Crippen LogP contribution in [0.3, 0.4) is 0 Å². The Morgan fingerprint density at radius 3 is 2.65 bits per heavy atom. The molecule has 4 rings (SSSR count). The van der Waals surface area contributed by atoms with Gasteiger partial charge in [0.05, 0.1) is 28.7 Å². The predicted molar refractivity (Wildman–Crippen MR) is 111 cm³/mol. The molecule has 0 atom stereocenters. The molecule has 2 aromatic carbocycles. The number of carbonyl (C=O) groups excluding carboxylic acids is 1. The summed E-state index contributed by atoms with van der Waals surface area (Å²) in [5.41, 5.74) is 2.95. The van der Waals surface area contributed by atoms with Crippen LogP contribution in [0.15, 0.2) is 66.9 Å². The van der Waals surface area contributed by atoms with E-state index in [-0.39, 0.29) is 5.91 Å². The average Bonchev–Trinajstić information content (AvgIpc) is 3.05. The van der Waals surface area contributed by atoms with E-state index >= 15 is 0 Å². The highest BCUT2D eigenvalue weighted by atomic mass is 127. The van der Waals surface area contributed by atoms with Crippen molar-refractivity contribution in [3.8, 4) is 5.82 Å². The van der Waals surface area contributed by atoms with Crippen LogP contribution in [0.1, 0.15) is 16.1 Å². The molecule has 128 valence electrons. The second-order valence-electron chi connectivity index (χ2n) is 5.85. The Labute approximate surface area is 164 Å². The number of hydrogen-bond acceptors (Lipinski definition) is 3. The lowest BCUT2D eigenvalue weighted by atomic mass is 10.2. The van der Waals surface area contributed by atoms with E-state index in [0.717, 1.165) is 25.9 Å². The second-order valence-corrected chi connectivity index (χ2v) is 7.01. The molecule has 2 aromatic heterocycles. The maximum atomic E-state index is 12.7. The van der Waals surface area contributed by atoms with Crippen molar-refractivity contribution < 1.29 is 4.79 Å². The number of amides is 1. The number of halogens is 1. The number of aromatic nitrogens is 3. The van der Waals surface area contributed by atoms with Crippen LogP contribution < -0.4 is 5.32 Å². The van der Waals surface area contributed by atoms with Crippen molar-refractivity contribution in [2.45, 2.75) is 6.92 Å². The van der Waals surface area contributed by atoms with Crippen LogP contribution in [0.5, 0.6) is 0 Å². The Morgan fingerprint density at radius 1 is 1.04 bits per heavy atom. The number of pyridine rings is 1. The molecule has 1 N–H and O–H groups in total. The molecular formula is C20H15IN4O. The summed E-state index contributed by atoms with van der Waals surface area (Å²) >= 11 is 2.20. The number of hydrogen-bond donors (Lipinski definition) is 1. The van der Waals surface area contributed by atoms with Crippen LogP contribution in [0.2, 0.25) is 0 Å². The van der Waals surface area contributed by atoms with E-state index in [1.54, 1.807) is 10.9 Å². The maximum absolute atomic E-state index is 12.7. The maximum Gasteiger partial charge on any atom is 0.259 e. The van der Waals surface area contributed by atoms with Gasteiger partial charge in [-0.05, 0) is 59.8 Å². The molecule has 1 amide bonds. The first-order valence-electron chi connectivity index (χ1n) is 8.10. The molecule has 0 aliphatic carbocycles. The van der Waals surface area contributed by atoms with Crippen molar-refractivity contribution in [2.75, 3.05) is 5.32 Å². The van der Waals surface area contributed by atoms with Gasteiger partial charge in [-0.3, -0.25) is 4.79 Å². The van der Waals surface area contributed by atoms with Crippen molar-refractivity contribution in [1.29, 1.82) is 0 Å². The first-order valence-corrected chi connectivity index (χ1v) is 9.18. The van der Waals surface area contributed by atoms with Crippen LogP contribution >= 0.6 is 22.6 Å². The minimum Gasteiger partial charge on any atom is -0.321 e. The number of fused-ring (bicyclic) bond motifs is 1. The molecule has 0 spiro atoms. The zero-order valence-electron chi connectivity index (χ0n) is 14.0. The molecule has 0 aliphatic heterocycles. The molecule has 0 saturated heterocycles. The fourth-order valence-electron chi connectivity index (χ4n) is 2.79. The third-order valence-electron chi connectivity index (χ3n) is 4.18. The minimum atomic E-state index is -0.182. The Hall–Kier alpha value is -2.74. The molecule has 0 aliphatic rings. The first-order chi connectivity index (χ1) is 12.6. The second kappa shape index (κ2) is 6.87. The largest absolute Gasteiger partial charge is 0.321 e. The molecule has 26 heavy (non-hydrogen) atoms. The van der Waals surface area contributed by atoms with E-state index in [1.165, 1.54) is 0 Å². The lowest BCUT2D eigenvalue weighted by Crippen LogP contribution is -2.14. The molecule has 0 bridgehead atoms. The summed E-state index contributed by atoms with van der Waals surface area (Å²) < 4.78 is 2.68. The molecule has 2 heterocycles. The van der Waals surface area contributed by atoms with Gasteiger partial charge in [0.1, 0.15) is 0 Å². The van der Waals surface area contributed by atoms with Gasteiger partial charge in [-0.15, -0.1) is 0 Å². The van der Waals surface area contributed by atoms with Crippen LogP contribution in [0.4, 0.5) is 5.69 Å². The topological polar surface area (TPSA) is 59.8 Å². The van der Waals surface area contributed by atoms with E-state index in [2.05, 4.69) is 38.0 Å². The fourth-order valence-corrected chi connectivity index (χ4v) is 3.31. The van der Waals surface area contributed by atoms with E-state index in [1.807, 2.05) is 67.6 Å². The number of rotatable bonds is 3. The SMILES string of the molecule is Cc1c(C(=O)Nc2ccccc2I)cnn1-c1ccc2ccccc2n1. The van der Waals surface area contributed by atoms with Gasteiger partial charge in [0.2, 0.25) is 0 Å². The smallest absolute Gasteiger partial charge is 0.259 e. The van der Waals surface area contributed by atoms with Gasteiger partial charge in [0, 0.05) is 8.96 Å². The molecule has 0 fully saturated rings. The number of nitrogens with one attached hydrogen (secondary N) is 1. The summed E-state index contributed by atoms with van der Waals surface area (Å²) in [5.74, 6) is 0.508. The normalized spacial score (nSPS) is 10.8. The minimum absolute atomic E-state index is 0.182. The van der Waals surface area contributed by atoms with Gasteiger partial charge in [0.25, 0.3) is 5.91 Å². The quantitative estimate of drug-likeness (QED) is 0.461. The summed E-state index contributed by atoms with van der Waals surface area (Å²) in [7, 11) is 0. The fraction of sp³-hybridized carbons (Fsp3) is 0.0500. The Kier molecular flexibility index (Phi) is 4.42. The zero-order chi connectivity index (χ0) is 18.1. The van der Waals surface area contributed by atoms with Crippen molar-refractivity contribution >= 4 is 45.1 Å². The lowest BCUT2D eigenvalue weighted by Gasteiger charge is -2.08. The number of carbonyl (C=O) groups is 1. The zero-order valence-corrected chi connectivity index (χ0v) is 16.1. The van der Waals surface area contributed by atoms with Gasteiger partial charge in [0.15, 0.2) is 5.82 Å². The highest BCUT2D eigenvalue weighted by molar-refractivity contribution is 14.1. The highest BCUT2D eigenvalue weighted by Gasteiger charge is 2.16. The third-order valence-corrected chi connectivity index (χ3v) is 5.12. The summed E-state index contributed by atoms with van der Waals surface area (Å²) in [6.45, 7) is 1.87. The van der Waals surface area contributed by atoms with Crippen molar-refractivity contribution in [3.63, 3.8) is 0 Å². The van der Waals surface area contributed by atoms with E-state index < -0.39 is 0 Å². The number of para-hydroxylation sites is 2. The van der Waals surface area contributed by atoms with Crippen molar-refractivity contribution in [3.05, 3.63) is 81.7 Å². The van der Waals surface area contributed by atoms with Crippen LogP contribution in [0.25, 0.3) is 16.7 Å². The summed E-state index contributed by atoms with van der Waals surface area (Å²) in [6, 6.07) is 19.5. The molecule has 5 nitrogen and oxygen atoms in total. The highest BCUT2D eigenvalue weighted by Crippen LogP contribution is 2.20. The Balaban J connectivity index is 1.67. The summed E-state index contributed by atoms with van der Waals surface area (Å²) in [4.78, 5) is 17.3. The summed E-state index contributed by atoms with van der Waals surface area (Å²) in [6.07, 6.45) is 1.58. The molecule has 0 saturated carbocycles. The van der Waals surface area contributed by atoms with E-state index in [4.69, 9.17) is 0 Å². The van der Waals surface area contributed by atoms with Gasteiger partial charge in [-0.25, -0.2) is 9.67 Å². The van der Waals surface area contributed by atoms with Crippen LogP contribution in [0, 0.1) is 10.5 Å². The number of anilines is 1. The number of nitrogens with zero attached hydrogens (tertiary/aromatic N) is 3. The van der Waals surface area contributed by atoms with Crippen molar-refractivity contribution in [2.24, 2.45) is 0 Å². The standard InChI is InChI=1S/C20H15IN4O/c1-13-15(20(26)24-18-9-5-3-7-16(18)21)12-22-25(13)19-11-10-14-6-2-4-8-17(14)23-19/h2-12H,1H3,(H,24,26). The summed E-state index contributed by atoms with van der Waals surface area (Å²) in [5, 5.41) is 8.38. The van der Waals surface area contributed by atoms with E-state index in [9.17, 15) is 4.79 Å². The van der Waals surface area contributed by atoms with Crippen LogP contribution in [-0.4, -0.2) is 20.7 Å². The first kappa shape index (κ1) is 16.7. The molecule has 0 unspecified atom stereocenters. The molecular weight excluding hydrogens is 439 g/mol.